The van der Waals surface area contributed by atoms with E-state index in [9.17, 15) is 0 Å². The molecule has 1 aromatic rings. The molecule has 0 aliphatic rings. The van der Waals surface area contributed by atoms with Gasteiger partial charge in [0.05, 0.1) is 0 Å². The molecule has 0 aromatic carbocycles. The average Bonchev–Trinajstić information content (AvgIpc) is 2.66. The summed E-state index contributed by atoms with van der Waals surface area (Å²) in [6, 6.07) is 2.15. The number of rotatable bonds is 6. The molecule has 0 spiro atoms. The lowest BCUT2D eigenvalue weighted by Crippen LogP contribution is -2.22. The van der Waals surface area contributed by atoms with Gasteiger partial charge in [-0.3, -0.25) is 4.68 Å². The number of hydrogen-bond donors (Lipinski definition) is 1. The van der Waals surface area contributed by atoms with Gasteiger partial charge in [-0.1, -0.05) is 20.8 Å². The molecule has 15 heavy (non-hydrogen) atoms. The van der Waals surface area contributed by atoms with Gasteiger partial charge in [-0.05, 0) is 32.0 Å². The van der Waals surface area contributed by atoms with Crippen LogP contribution in [0.3, 0.4) is 0 Å². The summed E-state index contributed by atoms with van der Waals surface area (Å²) < 4.78 is 2.14. The number of hydrogen-bond acceptors (Lipinski definition) is 2. The van der Waals surface area contributed by atoms with E-state index in [4.69, 9.17) is 0 Å². The van der Waals surface area contributed by atoms with Crippen molar-refractivity contribution in [1.29, 1.82) is 0 Å². The van der Waals surface area contributed by atoms with Crippen molar-refractivity contribution in [3.8, 4) is 0 Å². The first-order chi connectivity index (χ1) is 7.20. The fourth-order valence-electron chi connectivity index (χ4n) is 1.92. The Morgan fingerprint density at radius 2 is 2.20 bits per heavy atom. The molecule has 1 aromatic heterocycles. The highest BCUT2D eigenvalue weighted by Crippen LogP contribution is 2.23. The standard InChI is InChI=1S/C12H23N3/c1-5-8-15-12(6-7-14-15)11(3)10(2)9-13-4/h6-7,10-11,13H,5,8-9H2,1-4H3. The predicted molar refractivity (Wildman–Crippen MR) is 64.0 cm³/mol. The third-order valence-corrected chi connectivity index (χ3v) is 3.03. The first-order valence-corrected chi connectivity index (χ1v) is 5.87. The largest absolute Gasteiger partial charge is 0.319 e. The maximum absolute atomic E-state index is 4.37. The van der Waals surface area contributed by atoms with Gasteiger partial charge in [-0.15, -0.1) is 0 Å². The first kappa shape index (κ1) is 12.2. The molecule has 2 unspecified atom stereocenters. The van der Waals surface area contributed by atoms with E-state index in [1.807, 2.05) is 13.2 Å². The van der Waals surface area contributed by atoms with Gasteiger partial charge in [-0.25, -0.2) is 0 Å². The zero-order chi connectivity index (χ0) is 11.3. The second-order valence-electron chi connectivity index (χ2n) is 4.30. The van der Waals surface area contributed by atoms with Crippen LogP contribution in [0.25, 0.3) is 0 Å². The highest BCUT2D eigenvalue weighted by molar-refractivity contribution is 5.08. The zero-order valence-corrected chi connectivity index (χ0v) is 10.3. The van der Waals surface area contributed by atoms with Crippen molar-refractivity contribution in [1.82, 2.24) is 15.1 Å². The number of aromatic nitrogens is 2. The summed E-state index contributed by atoms with van der Waals surface area (Å²) in [6.45, 7) is 8.83. The Balaban J connectivity index is 2.71. The molecule has 0 saturated heterocycles. The van der Waals surface area contributed by atoms with E-state index in [1.165, 1.54) is 5.69 Å². The van der Waals surface area contributed by atoms with Crippen molar-refractivity contribution in [2.24, 2.45) is 5.92 Å². The van der Waals surface area contributed by atoms with Crippen LogP contribution in [0.4, 0.5) is 0 Å². The van der Waals surface area contributed by atoms with Gasteiger partial charge in [-0.2, -0.15) is 5.10 Å². The van der Waals surface area contributed by atoms with Crippen molar-refractivity contribution < 1.29 is 0 Å². The Morgan fingerprint density at radius 1 is 1.47 bits per heavy atom. The third kappa shape index (κ3) is 3.06. The fourth-order valence-corrected chi connectivity index (χ4v) is 1.92. The first-order valence-electron chi connectivity index (χ1n) is 5.87. The quantitative estimate of drug-likeness (QED) is 0.779. The summed E-state index contributed by atoms with van der Waals surface area (Å²) in [4.78, 5) is 0. The minimum absolute atomic E-state index is 0.562. The molecule has 0 radical (unpaired) electrons. The normalized spacial score (nSPS) is 15.2. The van der Waals surface area contributed by atoms with Crippen molar-refractivity contribution >= 4 is 0 Å². The lowest BCUT2D eigenvalue weighted by Gasteiger charge is -2.20. The Bertz CT molecular complexity index is 280. The second-order valence-corrected chi connectivity index (χ2v) is 4.30. The molecule has 3 heteroatoms. The van der Waals surface area contributed by atoms with Crippen LogP contribution in [-0.4, -0.2) is 23.4 Å². The second kappa shape index (κ2) is 5.91. The maximum atomic E-state index is 4.37. The van der Waals surface area contributed by atoms with Crippen molar-refractivity contribution in [3.63, 3.8) is 0 Å². The van der Waals surface area contributed by atoms with E-state index >= 15 is 0 Å². The molecule has 0 aliphatic heterocycles. The monoisotopic (exact) mass is 209 g/mol. The van der Waals surface area contributed by atoms with Gasteiger partial charge in [0.15, 0.2) is 0 Å². The van der Waals surface area contributed by atoms with Gasteiger partial charge in [0, 0.05) is 24.4 Å². The van der Waals surface area contributed by atoms with Gasteiger partial charge < -0.3 is 5.32 Å². The Hall–Kier alpha value is -0.830. The molecule has 1 N–H and O–H groups in total. The summed E-state index contributed by atoms with van der Waals surface area (Å²) in [6.07, 6.45) is 3.05. The molecule has 3 nitrogen and oxygen atoms in total. The molecule has 2 atom stereocenters. The molecule has 0 amide bonds. The Morgan fingerprint density at radius 3 is 2.80 bits per heavy atom. The third-order valence-electron chi connectivity index (χ3n) is 3.03. The predicted octanol–water partition coefficient (Wildman–Crippen LogP) is 2.25. The molecule has 0 saturated carbocycles. The average molecular weight is 209 g/mol. The van der Waals surface area contributed by atoms with Gasteiger partial charge in [0.1, 0.15) is 0 Å². The van der Waals surface area contributed by atoms with E-state index in [0.29, 0.717) is 11.8 Å². The maximum Gasteiger partial charge on any atom is 0.0492 e. The van der Waals surface area contributed by atoms with Gasteiger partial charge in [0.2, 0.25) is 0 Å². The van der Waals surface area contributed by atoms with E-state index in [1.54, 1.807) is 0 Å². The highest BCUT2D eigenvalue weighted by atomic mass is 15.3. The van der Waals surface area contributed by atoms with Gasteiger partial charge >= 0.3 is 0 Å². The molecule has 1 heterocycles. The lowest BCUT2D eigenvalue weighted by molar-refractivity contribution is 0.431. The van der Waals surface area contributed by atoms with Crippen LogP contribution in [0.2, 0.25) is 0 Å². The summed E-state index contributed by atoms with van der Waals surface area (Å²) in [5.41, 5.74) is 1.36. The minimum Gasteiger partial charge on any atom is -0.319 e. The molecule has 86 valence electrons. The van der Waals surface area contributed by atoms with Crippen LogP contribution >= 0.6 is 0 Å². The molecular formula is C12H23N3. The number of nitrogens with zero attached hydrogens (tertiary/aromatic N) is 2. The fraction of sp³-hybridized carbons (Fsp3) is 0.750. The van der Waals surface area contributed by atoms with E-state index < -0.39 is 0 Å². The van der Waals surface area contributed by atoms with E-state index in [0.717, 1.165) is 19.5 Å². The van der Waals surface area contributed by atoms with Crippen molar-refractivity contribution in [3.05, 3.63) is 18.0 Å². The zero-order valence-electron chi connectivity index (χ0n) is 10.3. The summed E-state index contributed by atoms with van der Waals surface area (Å²) >= 11 is 0. The minimum atomic E-state index is 0.562. The molecular weight excluding hydrogens is 186 g/mol. The van der Waals surface area contributed by atoms with Crippen molar-refractivity contribution in [2.75, 3.05) is 13.6 Å². The van der Waals surface area contributed by atoms with E-state index in [-0.39, 0.29) is 0 Å². The van der Waals surface area contributed by atoms with Gasteiger partial charge in [0.25, 0.3) is 0 Å². The van der Waals surface area contributed by atoms with Crippen LogP contribution in [0.15, 0.2) is 12.3 Å². The van der Waals surface area contributed by atoms with E-state index in [2.05, 4.69) is 41.9 Å². The smallest absolute Gasteiger partial charge is 0.0492 e. The molecule has 0 aliphatic carbocycles. The van der Waals surface area contributed by atoms with Crippen molar-refractivity contribution in [2.45, 2.75) is 39.7 Å². The lowest BCUT2D eigenvalue weighted by atomic mass is 9.92. The van der Waals surface area contributed by atoms with Crippen LogP contribution < -0.4 is 5.32 Å². The Labute approximate surface area is 92.9 Å². The Kier molecular flexibility index (Phi) is 4.82. The SMILES string of the molecule is CCCn1nccc1C(C)C(C)CNC. The molecule has 0 bridgehead atoms. The van der Waals surface area contributed by atoms with Crippen LogP contribution in [0.1, 0.15) is 38.8 Å². The van der Waals surface area contributed by atoms with Crippen LogP contribution in [0.5, 0.6) is 0 Å². The highest BCUT2D eigenvalue weighted by Gasteiger charge is 2.17. The molecule has 0 fully saturated rings. The summed E-state index contributed by atoms with van der Waals surface area (Å²) in [7, 11) is 2.01. The van der Waals surface area contributed by atoms with Crippen LogP contribution in [0, 0.1) is 5.92 Å². The summed E-state index contributed by atoms with van der Waals surface area (Å²) in [5.74, 6) is 1.20. The number of nitrogens with one attached hydrogen (secondary N) is 1. The topological polar surface area (TPSA) is 29.9 Å². The summed E-state index contributed by atoms with van der Waals surface area (Å²) in [5, 5.41) is 7.60. The molecule has 1 rings (SSSR count). The number of aryl methyl sites for hydroxylation is 1. The van der Waals surface area contributed by atoms with Crippen LogP contribution in [-0.2, 0) is 6.54 Å².